The van der Waals surface area contributed by atoms with Gasteiger partial charge in [0.2, 0.25) is 11.8 Å². The van der Waals surface area contributed by atoms with Crippen molar-refractivity contribution in [2.24, 2.45) is 12.2 Å². The lowest BCUT2D eigenvalue weighted by Gasteiger charge is -2.23. The highest BCUT2D eigenvalue weighted by atomic mass is 127. The van der Waals surface area contributed by atoms with E-state index in [4.69, 9.17) is 9.94 Å². The smallest absolute Gasteiger partial charge is 0.303 e. The number of carbonyl (C=O) groups is 2. The van der Waals surface area contributed by atoms with Crippen LogP contribution in [0.1, 0.15) is 42.6 Å². The lowest BCUT2D eigenvalue weighted by Crippen LogP contribution is -3.00. The second kappa shape index (κ2) is 16.4. The standard InChI is InChI=1S/C28H35N5O4.HI/c1-31-17-18-32(27(31)20-30-36)16-8-4-7-11-28(35)33(21-24-12-14-25(37-2)15-13-24)22-26(34)29-19-23-9-5-3-6-10-23;/h3,5-6,9-10,12-15,17-18,20H,4,7-8,11,16,19,21-22H2,1-2H3,(H,29,34);1H. The predicted octanol–water partition coefficient (Wildman–Crippen LogP) is 0.0389. The molecular formula is C28H36IN5O4. The van der Waals surface area contributed by atoms with Gasteiger partial charge in [-0.25, -0.2) is 9.13 Å². The third kappa shape index (κ3) is 9.81. The Hall–Kier alpha value is -3.41. The highest BCUT2D eigenvalue weighted by Gasteiger charge is 2.18. The van der Waals surface area contributed by atoms with Gasteiger partial charge in [-0.1, -0.05) is 47.6 Å². The lowest BCUT2D eigenvalue weighted by atomic mass is 10.1. The summed E-state index contributed by atoms with van der Waals surface area (Å²) in [5.74, 6) is 1.30. The Bertz CT molecular complexity index is 1170. The number of hydrogen-bond donors (Lipinski definition) is 2. The minimum atomic E-state index is -0.190. The number of hydrogen-bond acceptors (Lipinski definition) is 5. The van der Waals surface area contributed by atoms with E-state index >= 15 is 0 Å². The van der Waals surface area contributed by atoms with E-state index in [1.807, 2.05) is 83.2 Å². The number of methoxy groups -OCH3 is 1. The molecule has 1 heterocycles. The molecule has 0 spiro atoms. The fraction of sp³-hybridized carbons (Fsp3) is 0.357. The van der Waals surface area contributed by atoms with Crippen LogP contribution in [0.2, 0.25) is 0 Å². The van der Waals surface area contributed by atoms with Gasteiger partial charge in [0.05, 0.1) is 27.2 Å². The number of aryl methyl sites for hydroxylation is 2. The van der Waals surface area contributed by atoms with Crippen molar-refractivity contribution in [1.82, 2.24) is 14.8 Å². The fourth-order valence-electron chi connectivity index (χ4n) is 4.04. The second-order valence-corrected chi connectivity index (χ2v) is 8.88. The van der Waals surface area contributed by atoms with Gasteiger partial charge in [-0.3, -0.25) is 9.59 Å². The van der Waals surface area contributed by atoms with E-state index in [9.17, 15) is 9.59 Å². The van der Waals surface area contributed by atoms with Gasteiger partial charge in [-0.05, 0) is 42.5 Å². The maximum atomic E-state index is 13.1. The molecule has 0 fully saturated rings. The number of rotatable bonds is 14. The number of ether oxygens (including phenoxy) is 1. The Kier molecular flexibility index (Phi) is 13.3. The van der Waals surface area contributed by atoms with E-state index in [1.165, 1.54) is 6.21 Å². The molecule has 0 radical (unpaired) electrons. The first-order valence-corrected chi connectivity index (χ1v) is 12.4. The number of aromatic nitrogens is 2. The molecule has 0 aliphatic carbocycles. The summed E-state index contributed by atoms with van der Waals surface area (Å²) in [6, 6.07) is 17.2. The Morgan fingerprint density at radius 2 is 1.82 bits per heavy atom. The van der Waals surface area contributed by atoms with Crippen molar-refractivity contribution in [1.29, 1.82) is 0 Å². The minimum absolute atomic E-state index is 0. The molecule has 2 aromatic carbocycles. The van der Waals surface area contributed by atoms with Crippen LogP contribution in [0.4, 0.5) is 0 Å². The first-order chi connectivity index (χ1) is 18.0. The monoisotopic (exact) mass is 633 g/mol. The average Bonchev–Trinajstić information content (AvgIpc) is 3.26. The SMILES string of the molecule is COc1ccc(CN(CC(=O)NCc2ccccc2)C(=O)CCCCCn2cc[n+](C)c2/C=N\O)cc1.[I-]. The van der Waals surface area contributed by atoms with Crippen molar-refractivity contribution >= 4 is 18.0 Å². The van der Waals surface area contributed by atoms with Crippen LogP contribution in [-0.4, -0.2) is 46.4 Å². The molecule has 1 aromatic heterocycles. The third-order valence-corrected chi connectivity index (χ3v) is 6.14. The molecule has 38 heavy (non-hydrogen) atoms. The molecule has 2 amide bonds. The van der Waals surface area contributed by atoms with Crippen LogP contribution >= 0.6 is 0 Å². The van der Waals surface area contributed by atoms with Gasteiger partial charge in [0, 0.05) is 19.5 Å². The number of unbranched alkanes of at least 4 members (excludes halogenated alkanes) is 2. The number of oxime groups is 1. The normalized spacial score (nSPS) is 10.7. The summed E-state index contributed by atoms with van der Waals surface area (Å²) in [5, 5.41) is 14.9. The molecule has 3 rings (SSSR count). The molecule has 2 N–H and O–H groups in total. The van der Waals surface area contributed by atoms with Gasteiger partial charge in [0.15, 0.2) is 6.21 Å². The van der Waals surface area contributed by atoms with Crippen molar-refractivity contribution < 1.29 is 48.1 Å². The first-order valence-electron chi connectivity index (χ1n) is 12.4. The van der Waals surface area contributed by atoms with Crippen LogP contribution in [0.3, 0.4) is 0 Å². The third-order valence-electron chi connectivity index (χ3n) is 6.14. The van der Waals surface area contributed by atoms with Crippen LogP contribution in [0.5, 0.6) is 5.75 Å². The molecule has 0 atom stereocenters. The number of nitrogens with one attached hydrogen (secondary N) is 1. The number of imidazole rings is 1. The summed E-state index contributed by atoms with van der Waals surface area (Å²) < 4.78 is 9.11. The number of amides is 2. The van der Waals surface area contributed by atoms with Crippen molar-refractivity contribution in [2.45, 2.75) is 45.3 Å². The van der Waals surface area contributed by atoms with E-state index in [1.54, 1.807) is 12.0 Å². The molecule has 0 aliphatic heterocycles. The topological polar surface area (TPSA) is 100 Å². The van der Waals surface area contributed by atoms with E-state index < -0.39 is 0 Å². The van der Waals surface area contributed by atoms with Crippen LogP contribution in [0, 0.1) is 0 Å². The first kappa shape index (κ1) is 30.8. The number of halogens is 1. The molecular weight excluding hydrogens is 597 g/mol. The average molecular weight is 634 g/mol. The van der Waals surface area contributed by atoms with Crippen LogP contribution < -0.4 is 38.6 Å². The summed E-state index contributed by atoms with van der Waals surface area (Å²) in [6.07, 6.45) is 8.08. The van der Waals surface area contributed by atoms with Gasteiger partial charge < -0.3 is 44.1 Å². The second-order valence-electron chi connectivity index (χ2n) is 8.88. The van der Waals surface area contributed by atoms with Gasteiger partial charge in [0.25, 0.3) is 0 Å². The molecule has 204 valence electrons. The van der Waals surface area contributed by atoms with Crippen molar-refractivity contribution in [2.75, 3.05) is 13.7 Å². The van der Waals surface area contributed by atoms with Crippen molar-refractivity contribution in [3.63, 3.8) is 0 Å². The Balaban J connectivity index is 0.00000507. The maximum Gasteiger partial charge on any atom is 0.303 e. The molecule has 10 heteroatoms. The van der Waals surface area contributed by atoms with Gasteiger partial charge in [0.1, 0.15) is 18.1 Å². The molecule has 0 unspecified atom stereocenters. The lowest BCUT2D eigenvalue weighted by molar-refractivity contribution is -0.671. The molecule has 0 bridgehead atoms. The van der Waals surface area contributed by atoms with Crippen LogP contribution in [0.15, 0.2) is 72.1 Å². The van der Waals surface area contributed by atoms with E-state index in [0.717, 1.165) is 48.5 Å². The predicted molar refractivity (Wildman–Crippen MR) is 140 cm³/mol. The van der Waals surface area contributed by atoms with Crippen LogP contribution in [0.25, 0.3) is 0 Å². The quantitative estimate of drug-likeness (QED) is 0.0655. The number of nitrogens with zero attached hydrogens (tertiary/aromatic N) is 4. The molecule has 0 saturated carbocycles. The van der Waals surface area contributed by atoms with Gasteiger partial charge in [-0.15, -0.1) is 0 Å². The zero-order chi connectivity index (χ0) is 26.5. The number of benzene rings is 2. The summed E-state index contributed by atoms with van der Waals surface area (Å²) in [4.78, 5) is 27.4. The van der Waals surface area contributed by atoms with Crippen molar-refractivity contribution in [3.8, 4) is 5.75 Å². The summed E-state index contributed by atoms with van der Waals surface area (Å²) in [7, 11) is 3.50. The van der Waals surface area contributed by atoms with E-state index in [-0.39, 0.29) is 42.3 Å². The molecule has 3 aromatic rings. The Labute approximate surface area is 241 Å². The summed E-state index contributed by atoms with van der Waals surface area (Å²) in [6.45, 7) is 1.53. The Morgan fingerprint density at radius 3 is 2.50 bits per heavy atom. The van der Waals surface area contributed by atoms with Crippen LogP contribution in [-0.2, 0) is 36.3 Å². The summed E-state index contributed by atoms with van der Waals surface area (Å²) in [5.41, 5.74) is 1.94. The zero-order valence-corrected chi connectivity index (χ0v) is 24.1. The molecule has 9 nitrogen and oxygen atoms in total. The summed E-state index contributed by atoms with van der Waals surface area (Å²) >= 11 is 0. The maximum absolute atomic E-state index is 13.1. The minimum Gasteiger partial charge on any atom is -1.00 e. The van der Waals surface area contributed by atoms with E-state index in [0.29, 0.717) is 19.5 Å². The largest absolute Gasteiger partial charge is 1.00 e. The van der Waals surface area contributed by atoms with Crippen molar-refractivity contribution in [3.05, 3.63) is 83.9 Å². The number of carbonyl (C=O) groups excluding carboxylic acids is 2. The van der Waals surface area contributed by atoms with E-state index in [2.05, 4.69) is 10.5 Å². The molecule has 0 saturated heterocycles. The fourth-order valence-corrected chi connectivity index (χ4v) is 4.04. The Morgan fingerprint density at radius 1 is 1.08 bits per heavy atom. The highest BCUT2D eigenvalue weighted by Crippen LogP contribution is 2.14. The highest BCUT2D eigenvalue weighted by molar-refractivity contribution is 5.84. The molecule has 0 aliphatic rings. The van der Waals surface area contributed by atoms with Gasteiger partial charge in [-0.2, -0.15) is 0 Å². The van der Waals surface area contributed by atoms with Gasteiger partial charge >= 0.3 is 5.82 Å². The zero-order valence-electron chi connectivity index (χ0n) is 21.9.